The van der Waals surface area contributed by atoms with E-state index in [0.29, 0.717) is 17.7 Å². The molecule has 3 aromatic rings. The lowest BCUT2D eigenvalue weighted by Gasteiger charge is -2.13. The molecule has 1 aliphatic rings. The zero-order valence-electron chi connectivity index (χ0n) is 16.2. The molecule has 0 unspecified atom stereocenters. The Labute approximate surface area is 168 Å². The number of amides is 1. The predicted octanol–water partition coefficient (Wildman–Crippen LogP) is 4.12. The van der Waals surface area contributed by atoms with Crippen LogP contribution in [0.3, 0.4) is 0 Å². The molecule has 146 valence electrons. The summed E-state index contributed by atoms with van der Waals surface area (Å²) in [5.74, 6) is -0.846. The summed E-state index contributed by atoms with van der Waals surface area (Å²) in [7, 11) is 0. The number of carbonyl (C=O) groups excluding carboxylic acids is 3. The number of furan rings is 1. The topological polar surface area (TPSA) is 76.4 Å². The van der Waals surface area contributed by atoms with Crippen molar-refractivity contribution in [3.05, 3.63) is 93.9 Å². The quantitative estimate of drug-likeness (QED) is 0.505. The molecule has 2 aromatic carbocycles. The molecule has 0 atom stereocenters. The Hall–Kier alpha value is -3.47. The average Bonchev–Trinajstić information content (AvgIpc) is 3.10. The smallest absolute Gasteiger partial charge is 0.255 e. The van der Waals surface area contributed by atoms with Crippen molar-refractivity contribution in [2.75, 3.05) is 6.54 Å². The van der Waals surface area contributed by atoms with Crippen LogP contribution in [0.1, 0.15) is 66.6 Å². The average molecular weight is 387 g/mol. The van der Waals surface area contributed by atoms with E-state index in [2.05, 4.69) is 17.4 Å². The van der Waals surface area contributed by atoms with Crippen molar-refractivity contribution in [2.45, 2.75) is 26.2 Å². The summed E-state index contributed by atoms with van der Waals surface area (Å²) in [6.07, 6.45) is 2.70. The third-order valence-corrected chi connectivity index (χ3v) is 5.18. The largest absolute Gasteiger partial charge is 0.456 e. The maximum atomic E-state index is 12.9. The van der Waals surface area contributed by atoms with Gasteiger partial charge < -0.3 is 9.73 Å². The van der Waals surface area contributed by atoms with Gasteiger partial charge in [-0.05, 0) is 31.7 Å². The van der Waals surface area contributed by atoms with E-state index in [0.717, 1.165) is 19.3 Å². The Balaban J connectivity index is 1.45. The van der Waals surface area contributed by atoms with Crippen LogP contribution in [0.4, 0.5) is 0 Å². The summed E-state index contributed by atoms with van der Waals surface area (Å²) in [4.78, 5) is 38.4. The number of benzene rings is 2. The number of unbranched alkanes of at least 4 members (excludes halogenated alkanes) is 1. The highest BCUT2D eigenvalue weighted by Crippen LogP contribution is 2.33. The second-order valence-corrected chi connectivity index (χ2v) is 7.14. The van der Waals surface area contributed by atoms with Crippen molar-refractivity contribution in [1.82, 2.24) is 5.32 Å². The first kappa shape index (κ1) is 18.9. The predicted molar refractivity (Wildman–Crippen MR) is 108 cm³/mol. The minimum absolute atomic E-state index is 0.0413. The van der Waals surface area contributed by atoms with Gasteiger partial charge in [0.15, 0.2) is 11.5 Å². The molecule has 0 bridgehead atoms. The summed E-state index contributed by atoms with van der Waals surface area (Å²) in [5, 5.41) is 2.86. The van der Waals surface area contributed by atoms with Crippen LogP contribution in [-0.4, -0.2) is 24.0 Å². The first-order valence-corrected chi connectivity index (χ1v) is 9.72. The SMILES string of the molecule is Cc1oc2c(c1C(=O)NCCCCc1ccccc1)C(=O)c1ccccc1C2=O. The van der Waals surface area contributed by atoms with Crippen LogP contribution >= 0.6 is 0 Å². The third kappa shape index (κ3) is 3.51. The molecule has 1 aliphatic carbocycles. The Morgan fingerprint density at radius 2 is 1.55 bits per heavy atom. The summed E-state index contributed by atoms with van der Waals surface area (Å²) < 4.78 is 5.55. The molecule has 29 heavy (non-hydrogen) atoms. The van der Waals surface area contributed by atoms with Crippen LogP contribution in [0.2, 0.25) is 0 Å². The van der Waals surface area contributed by atoms with Gasteiger partial charge in [0.25, 0.3) is 5.91 Å². The molecule has 1 amide bonds. The standard InChI is InChI=1S/C24H21NO4/c1-15-19(24(28)25-14-8-7-11-16-9-3-2-4-10-16)20-21(26)17-12-5-6-13-18(17)22(27)23(20)29-15/h2-6,9-10,12-13H,7-8,11,14H2,1H3,(H,25,28). The highest BCUT2D eigenvalue weighted by molar-refractivity contribution is 6.30. The summed E-state index contributed by atoms with van der Waals surface area (Å²) in [5.41, 5.74) is 2.12. The molecule has 0 fully saturated rings. The second kappa shape index (κ2) is 7.87. The van der Waals surface area contributed by atoms with Crippen molar-refractivity contribution in [1.29, 1.82) is 0 Å². The Morgan fingerprint density at radius 3 is 2.28 bits per heavy atom. The first-order chi connectivity index (χ1) is 14.1. The van der Waals surface area contributed by atoms with Gasteiger partial charge in [0.1, 0.15) is 5.76 Å². The molecule has 1 aromatic heterocycles. The molecular formula is C24H21NO4. The molecule has 1 N–H and O–H groups in total. The van der Waals surface area contributed by atoms with Crippen LogP contribution in [-0.2, 0) is 6.42 Å². The molecule has 0 aliphatic heterocycles. The maximum absolute atomic E-state index is 12.9. The highest BCUT2D eigenvalue weighted by atomic mass is 16.4. The van der Waals surface area contributed by atoms with E-state index in [1.54, 1.807) is 31.2 Å². The molecule has 5 heteroatoms. The Bertz CT molecular complexity index is 1100. The minimum Gasteiger partial charge on any atom is -0.456 e. The molecule has 0 radical (unpaired) electrons. The molecule has 0 spiro atoms. The minimum atomic E-state index is -0.382. The lowest BCUT2D eigenvalue weighted by molar-refractivity contribution is 0.0938. The number of rotatable bonds is 6. The van der Waals surface area contributed by atoms with E-state index in [9.17, 15) is 14.4 Å². The van der Waals surface area contributed by atoms with Gasteiger partial charge in [-0.1, -0.05) is 54.6 Å². The fraction of sp³-hybridized carbons (Fsp3) is 0.208. The molecule has 0 saturated heterocycles. The lowest BCUT2D eigenvalue weighted by atomic mass is 9.86. The van der Waals surface area contributed by atoms with E-state index in [4.69, 9.17) is 4.42 Å². The Morgan fingerprint density at radius 1 is 0.897 bits per heavy atom. The summed E-state index contributed by atoms with van der Waals surface area (Å²) >= 11 is 0. The summed E-state index contributed by atoms with van der Waals surface area (Å²) in [6.45, 7) is 2.09. The van der Waals surface area contributed by atoms with E-state index in [1.807, 2.05) is 18.2 Å². The number of nitrogens with one attached hydrogen (secondary N) is 1. The van der Waals surface area contributed by atoms with Gasteiger partial charge in [-0.3, -0.25) is 14.4 Å². The van der Waals surface area contributed by atoms with E-state index >= 15 is 0 Å². The van der Waals surface area contributed by atoms with Crippen LogP contribution < -0.4 is 5.32 Å². The highest BCUT2D eigenvalue weighted by Gasteiger charge is 2.38. The van der Waals surface area contributed by atoms with E-state index in [-0.39, 0.29) is 40.1 Å². The van der Waals surface area contributed by atoms with Gasteiger partial charge in [0.05, 0.1) is 11.1 Å². The van der Waals surface area contributed by atoms with Crippen molar-refractivity contribution in [3.63, 3.8) is 0 Å². The monoisotopic (exact) mass is 387 g/mol. The van der Waals surface area contributed by atoms with E-state index in [1.165, 1.54) is 5.56 Å². The summed E-state index contributed by atoms with van der Waals surface area (Å²) in [6, 6.07) is 16.8. The van der Waals surface area contributed by atoms with Crippen LogP contribution in [0, 0.1) is 6.92 Å². The van der Waals surface area contributed by atoms with E-state index < -0.39 is 0 Å². The number of aryl methyl sites for hydroxylation is 2. The van der Waals surface area contributed by atoms with Crippen molar-refractivity contribution in [2.24, 2.45) is 0 Å². The van der Waals surface area contributed by atoms with Gasteiger partial charge in [0.2, 0.25) is 5.78 Å². The van der Waals surface area contributed by atoms with Crippen LogP contribution in [0.5, 0.6) is 0 Å². The second-order valence-electron chi connectivity index (χ2n) is 7.14. The number of carbonyl (C=O) groups is 3. The van der Waals surface area contributed by atoms with Crippen molar-refractivity contribution >= 4 is 17.5 Å². The first-order valence-electron chi connectivity index (χ1n) is 9.72. The van der Waals surface area contributed by atoms with Gasteiger partial charge in [-0.2, -0.15) is 0 Å². The lowest BCUT2D eigenvalue weighted by Crippen LogP contribution is -2.28. The molecule has 0 saturated carbocycles. The van der Waals surface area contributed by atoms with Gasteiger partial charge in [-0.25, -0.2) is 0 Å². The number of hydrogen-bond acceptors (Lipinski definition) is 4. The zero-order chi connectivity index (χ0) is 20.4. The van der Waals surface area contributed by atoms with Gasteiger partial charge in [0, 0.05) is 17.7 Å². The Kier molecular flexibility index (Phi) is 5.12. The number of fused-ring (bicyclic) bond motifs is 2. The normalized spacial score (nSPS) is 12.4. The van der Waals surface area contributed by atoms with Gasteiger partial charge >= 0.3 is 0 Å². The van der Waals surface area contributed by atoms with Crippen molar-refractivity contribution < 1.29 is 18.8 Å². The van der Waals surface area contributed by atoms with Crippen LogP contribution in [0.25, 0.3) is 0 Å². The molecule has 1 heterocycles. The zero-order valence-corrected chi connectivity index (χ0v) is 16.2. The number of hydrogen-bond donors (Lipinski definition) is 1. The molecule has 4 rings (SSSR count). The van der Waals surface area contributed by atoms with Crippen LogP contribution in [0.15, 0.2) is 59.0 Å². The fourth-order valence-corrected chi connectivity index (χ4v) is 3.72. The molecule has 5 nitrogen and oxygen atoms in total. The van der Waals surface area contributed by atoms with Crippen molar-refractivity contribution in [3.8, 4) is 0 Å². The fourth-order valence-electron chi connectivity index (χ4n) is 3.72. The third-order valence-electron chi connectivity index (χ3n) is 5.18. The van der Waals surface area contributed by atoms with Gasteiger partial charge in [-0.15, -0.1) is 0 Å². The number of ketones is 2. The maximum Gasteiger partial charge on any atom is 0.255 e. The molecular weight excluding hydrogens is 366 g/mol.